The summed E-state index contributed by atoms with van der Waals surface area (Å²) in [7, 11) is 0. The molecule has 15 aromatic carbocycles. The number of hydrogen-bond acceptors (Lipinski definition) is 5. The summed E-state index contributed by atoms with van der Waals surface area (Å²) in [6.07, 6.45) is 6.34. The highest BCUT2D eigenvalue weighted by Crippen LogP contribution is 2.50. The third-order valence-electron chi connectivity index (χ3n) is 21.3. The van der Waals surface area contributed by atoms with E-state index in [1.54, 1.807) is 0 Å². The van der Waals surface area contributed by atoms with Gasteiger partial charge >= 0.3 is 0 Å². The Hall–Kier alpha value is -13.0. The summed E-state index contributed by atoms with van der Waals surface area (Å²) >= 11 is 0. The van der Waals surface area contributed by atoms with Crippen LogP contribution in [0.3, 0.4) is 0 Å². The minimum atomic E-state index is -0.176. The van der Waals surface area contributed by atoms with Crippen molar-refractivity contribution in [2.45, 2.75) is 52.4 Å². The van der Waals surface area contributed by atoms with Gasteiger partial charge in [-0.1, -0.05) is 294 Å². The number of benzene rings is 15. The van der Waals surface area contributed by atoms with Crippen LogP contribution in [-0.2, 0) is 12.8 Å². The lowest BCUT2D eigenvalue weighted by Gasteiger charge is -2.45. The Kier molecular flexibility index (Phi) is 18.0. The van der Waals surface area contributed by atoms with E-state index in [0.29, 0.717) is 17.5 Å². The Bertz CT molecular complexity index is 5310. The fourth-order valence-electron chi connectivity index (χ4n) is 16.0. The molecule has 5 nitrogen and oxygen atoms in total. The van der Waals surface area contributed by atoms with Crippen LogP contribution in [0, 0.1) is 0 Å². The molecule has 107 heavy (non-hydrogen) atoms. The topological polar surface area (TPSA) is 45.2 Å². The van der Waals surface area contributed by atoms with Gasteiger partial charge in [0.2, 0.25) is 0 Å². The highest BCUT2D eigenvalue weighted by atomic mass is 15.2. The van der Waals surface area contributed by atoms with Crippen LogP contribution in [0.25, 0.3) is 123 Å². The smallest absolute Gasteiger partial charge is 0.252 e. The second-order valence-corrected chi connectivity index (χ2v) is 28.4. The highest BCUT2D eigenvalue weighted by Gasteiger charge is 2.44. The van der Waals surface area contributed by atoms with Crippen molar-refractivity contribution < 1.29 is 0 Å². The summed E-state index contributed by atoms with van der Waals surface area (Å²) in [5.74, 6) is 1.67. The zero-order valence-electron chi connectivity index (χ0n) is 60.2. The summed E-state index contributed by atoms with van der Waals surface area (Å²) in [6, 6.07) is 134. The minimum absolute atomic E-state index is 0.176. The van der Waals surface area contributed by atoms with Crippen molar-refractivity contribution in [1.29, 1.82) is 0 Å². The number of nitrogens with zero attached hydrogens (tertiary/aromatic N) is 5. The summed E-state index contributed by atoms with van der Waals surface area (Å²) in [5.41, 5.74) is 33.2. The SMILES string of the molecule is CCCCc1ccc2c(c1)B1c3cc(CCCC)ccc3N(c3cc(-c4ccccc4)cc(-c4ccccc4)c3)c3cc(-c4nc(-c5cc(-c6ccccc6)cc(-c6ccccc6)c5)nc(-c5cc(-c6ccccc6)cc(-c6ccccc6)c5)n4)cc(c31)N2c1cc(-c2ccccc2)cc(-c2ccccc2)c1. The Morgan fingerprint density at radius 2 is 0.458 bits per heavy atom. The lowest BCUT2D eigenvalue weighted by Crippen LogP contribution is -2.61. The van der Waals surface area contributed by atoms with Crippen LogP contribution >= 0.6 is 0 Å². The van der Waals surface area contributed by atoms with Gasteiger partial charge in [-0.05, 0) is 239 Å². The Balaban J connectivity index is 0.977. The Morgan fingerprint density at radius 1 is 0.224 bits per heavy atom. The molecule has 2 aliphatic rings. The van der Waals surface area contributed by atoms with E-state index in [1.165, 1.54) is 27.5 Å². The van der Waals surface area contributed by atoms with Gasteiger partial charge in [0.1, 0.15) is 0 Å². The highest BCUT2D eigenvalue weighted by molar-refractivity contribution is 7.00. The van der Waals surface area contributed by atoms with Gasteiger partial charge in [-0.2, -0.15) is 0 Å². The molecule has 0 bridgehead atoms. The molecule has 0 N–H and O–H groups in total. The van der Waals surface area contributed by atoms with E-state index < -0.39 is 0 Å². The van der Waals surface area contributed by atoms with Gasteiger partial charge in [0.05, 0.1) is 0 Å². The quantitative estimate of drug-likeness (QED) is 0.0755. The van der Waals surface area contributed by atoms with Crippen LogP contribution in [0.2, 0.25) is 0 Å². The number of hydrogen-bond donors (Lipinski definition) is 0. The van der Waals surface area contributed by atoms with E-state index in [0.717, 1.165) is 178 Å². The van der Waals surface area contributed by atoms with Gasteiger partial charge < -0.3 is 9.80 Å². The molecule has 0 unspecified atom stereocenters. The molecule has 0 aliphatic carbocycles. The third-order valence-corrected chi connectivity index (χ3v) is 21.3. The Morgan fingerprint density at radius 3 is 0.710 bits per heavy atom. The summed E-state index contributed by atoms with van der Waals surface area (Å²) in [6.45, 7) is 4.43. The maximum Gasteiger partial charge on any atom is 0.252 e. The first-order valence-corrected chi connectivity index (χ1v) is 37.8. The van der Waals surface area contributed by atoms with Crippen molar-refractivity contribution in [3.63, 3.8) is 0 Å². The standard InChI is InChI=1S/C101H78BN5/c1-3-5-31-69-49-51-94-92(53-69)102-93-54-70(32-6-4-2)50-52-95(93)107(91-65-85(77-45-27-13-28-46-77)58-86(66-91)78-47-29-14-30-48-78)97-68-89(67-96(98(97)102)106(94)90-63-83(75-41-23-11-24-42-75)57-84(64-90)76-43-25-12-26-44-76)101-104-99(87-59-79(71-33-15-7-16-34-71)55-80(60-87)72-35-17-8-18-36-72)103-100(105-101)88-61-81(73-37-19-9-20-38-73)56-82(62-88)74-39-21-10-22-40-74/h7-30,33-68H,3-6,31-32H2,1-2H3. The molecule has 3 heterocycles. The molecule has 0 radical (unpaired) electrons. The molecule has 0 saturated heterocycles. The largest absolute Gasteiger partial charge is 0.311 e. The van der Waals surface area contributed by atoms with Crippen LogP contribution < -0.4 is 26.2 Å². The van der Waals surface area contributed by atoms with Crippen LogP contribution in [-0.4, -0.2) is 21.7 Å². The first-order chi connectivity index (χ1) is 52.9. The average Bonchev–Trinajstić information content (AvgIpc) is 0.693. The zero-order chi connectivity index (χ0) is 71.6. The molecule has 0 amide bonds. The van der Waals surface area contributed by atoms with Crippen LogP contribution in [0.5, 0.6) is 0 Å². The van der Waals surface area contributed by atoms with Crippen LogP contribution in [0.1, 0.15) is 50.7 Å². The Labute approximate surface area is 628 Å². The van der Waals surface area contributed by atoms with Crippen molar-refractivity contribution in [3.8, 4) is 123 Å². The molecular weight excluding hydrogens is 1290 g/mol. The molecule has 6 heteroatoms. The number of aromatic nitrogens is 3. The first-order valence-electron chi connectivity index (χ1n) is 37.8. The molecule has 16 aromatic rings. The van der Waals surface area contributed by atoms with E-state index >= 15 is 0 Å². The second kappa shape index (κ2) is 29.3. The molecule has 510 valence electrons. The number of aryl methyl sites for hydroxylation is 2. The minimum Gasteiger partial charge on any atom is -0.311 e. The monoisotopic (exact) mass is 1370 g/mol. The van der Waals surface area contributed by atoms with Gasteiger partial charge in [-0.3, -0.25) is 0 Å². The molecule has 0 spiro atoms. The predicted molar refractivity (Wildman–Crippen MR) is 451 cm³/mol. The molecule has 0 atom stereocenters. The molecular formula is C101H78BN5. The lowest BCUT2D eigenvalue weighted by atomic mass is 9.33. The number of unbranched alkanes of at least 4 members (excludes halogenated alkanes) is 2. The molecule has 1 aromatic heterocycles. The summed E-state index contributed by atoms with van der Waals surface area (Å²) < 4.78 is 0. The fraction of sp³-hybridized carbons (Fsp3) is 0.0792. The number of fused-ring (bicyclic) bond motifs is 4. The average molecular weight is 1370 g/mol. The number of rotatable bonds is 19. The van der Waals surface area contributed by atoms with Crippen molar-refractivity contribution in [1.82, 2.24) is 15.0 Å². The maximum absolute atomic E-state index is 5.91. The second-order valence-electron chi connectivity index (χ2n) is 28.4. The van der Waals surface area contributed by atoms with Gasteiger partial charge in [-0.15, -0.1) is 0 Å². The van der Waals surface area contributed by atoms with E-state index in [4.69, 9.17) is 15.0 Å². The first kappa shape index (κ1) is 66.0. The van der Waals surface area contributed by atoms with Gasteiger partial charge in [0.15, 0.2) is 17.5 Å². The predicted octanol–water partition coefficient (Wildman–Crippen LogP) is 25.0. The lowest BCUT2D eigenvalue weighted by molar-refractivity contribution is 0.795. The van der Waals surface area contributed by atoms with Crippen molar-refractivity contribution >= 4 is 57.2 Å². The van der Waals surface area contributed by atoms with E-state index in [1.807, 2.05) is 0 Å². The maximum atomic E-state index is 5.91. The third kappa shape index (κ3) is 13.3. The fourth-order valence-corrected chi connectivity index (χ4v) is 16.0. The zero-order valence-corrected chi connectivity index (χ0v) is 60.2. The van der Waals surface area contributed by atoms with E-state index in [-0.39, 0.29) is 6.71 Å². The van der Waals surface area contributed by atoms with Gasteiger partial charge in [0, 0.05) is 50.8 Å². The molecule has 2 aliphatic heterocycles. The van der Waals surface area contributed by atoms with E-state index in [2.05, 4.69) is 388 Å². The number of anilines is 6. The molecule has 0 saturated carbocycles. The van der Waals surface area contributed by atoms with Crippen LogP contribution in [0.4, 0.5) is 34.1 Å². The van der Waals surface area contributed by atoms with Crippen molar-refractivity contribution in [2.24, 2.45) is 0 Å². The van der Waals surface area contributed by atoms with E-state index in [9.17, 15) is 0 Å². The summed E-state index contributed by atoms with van der Waals surface area (Å²) in [4.78, 5) is 22.7. The normalized spacial score (nSPS) is 12.0. The van der Waals surface area contributed by atoms with Gasteiger partial charge in [-0.25, -0.2) is 15.0 Å². The molecule has 0 fully saturated rings. The van der Waals surface area contributed by atoms with Crippen molar-refractivity contribution in [2.75, 3.05) is 9.80 Å². The van der Waals surface area contributed by atoms with Gasteiger partial charge in [0.25, 0.3) is 6.71 Å². The van der Waals surface area contributed by atoms with Crippen molar-refractivity contribution in [3.05, 3.63) is 375 Å². The van der Waals surface area contributed by atoms with Crippen LogP contribution in [0.15, 0.2) is 364 Å². The summed E-state index contributed by atoms with van der Waals surface area (Å²) in [5, 5.41) is 0. The molecule has 18 rings (SSSR count).